The lowest BCUT2D eigenvalue weighted by Crippen LogP contribution is -1.83. The topological polar surface area (TPSA) is 23.8 Å². The van der Waals surface area contributed by atoms with Gasteiger partial charge in [0.1, 0.15) is 0 Å². The van der Waals surface area contributed by atoms with E-state index >= 15 is 0 Å². The van der Waals surface area contributed by atoms with E-state index in [0.29, 0.717) is 10.5 Å². The molecule has 84 valence electrons. The molecule has 0 aliphatic carbocycles. The van der Waals surface area contributed by atoms with E-state index in [4.69, 9.17) is 5.26 Å². The Bertz CT molecular complexity index is 590. The lowest BCUT2D eigenvalue weighted by Gasteiger charge is -2.02. The van der Waals surface area contributed by atoms with E-state index in [-0.39, 0.29) is 0 Å². The molecule has 0 N–H and O–H groups in total. The first kappa shape index (κ1) is 11.6. The molecule has 0 heterocycles. The van der Waals surface area contributed by atoms with Gasteiger partial charge in [0.2, 0.25) is 0 Å². The molecule has 0 bridgehead atoms. The van der Waals surface area contributed by atoms with Gasteiger partial charge in [-0.3, -0.25) is 0 Å². The number of benzene rings is 2. The van der Waals surface area contributed by atoms with E-state index in [0.717, 1.165) is 17.0 Å². The van der Waals surface area contributed by atoms with Gasteiger partial charge in [-0.25, -0.2) is 8.78 Å². The Balaban J connectivity index is 2.25. The molecule has 0 aliphatic heterocycles. The minimum absolute atomic E-state index is 0.539. The van der Waals surface area contributed by atoms with Crippen molar-refractivity contribution in [3.63, 3.8) is 0 Å². The quantitative estimate of drug-likeness (QED) is 0.801. The molecule has 17 heavy (non-hydrogen) atoms. The smallest absolute Gasteiger partial charge is 0.159 e. The van der Waals surface area contributed by atoms with Crippen molar-refractivity contribution in [2.24, 2.45) is 0 Å². The van der Waals surface area contributed by atoms with Crippen LogP contribution in [0.5, 0.6) is 0 Å². The average Bonchev–Trinajstić information content (AvgIpc) is 2.34. The monoisotopic (exact) mass is 247 g/mol. The molecule has 0 spiro atoms. The molecular weight excluding hydrogens is 240 g/mol. The van der Waals surface area contributed by atoms with E-state index in [1.54, 1.807) is 18.2 Å². The maximum absolute atomic E-state index is 13.0. The van der Waals surface area contributed by atoms with Gasteiger partial charge in [0.15, 0.2) is 11.6 Å². The SMILES string of the molecule is N#Cc1cccc(Sc2ccc(F)c(F)c2)c1. The van der Waals surface area contributed by atoms with Gasteiger partial charge in [0.25, 0.3) is 0 Å². The van der Waals surface area contributed by atoms with Crippen LogP contribution in [0.1, 0.15) is 5.56 Å². The van der Waals surface area contributed by atoms with Gasteiger partial charge in [-0.05, 0) is 36.4 Å². The second kappa shape index (κ2) is 4.98. The van der Waals surface area contributed by atoms with E-state index in [1.807, 2.05) is 12.1 Å². The zero-order valence-electron chi connectivity index (χ0n) is 8.65. The Kier molecular flexibility index (Phi) is 3.40. The summed E-state index contributed by atoms with van der Waals surface area (Å²) in [5.41, 5.74) is 0.539. The van der Waals surface area contributed by atoms with Crippen LogP contribution in [-0.2, 0) is 0 Å². The van der Waals surface area contributed by atoms with Crippen LogP contribution in [0.25, 0.3) is 0 Å². The highest BCUT2D eigenvalue weighted by molar-refractivity contribution is 7.99. The van der Waals surface area contributed by atoms with Gasteiger partial charge in [0.05, 0.1) is 11.6 Å². The van der Waals surface area contributed by atoms with Crippen LogP contribution in [0, 0.1) is 23.0 Å². The van der Waals surface area contributed by atoms with Crippen LogP contribution in [0.15, 0.2) is 52.3 Å². The standard InChI is InChI=1S/C13H7F2NS/c14-12-5-4-11(7-13(12)15)17-10-3-1-2-9(6-10)8-16/h1-7H. The van der Waals surface area contributed by atoms with Gasteiger partial charge in [0, 0.05) is 9.79 Å². The number of nitriles is 1. The largest absolute Gasteiger partial charge is 0.204 e. The van der Waals surface area contributed by atoms with Crippen LogP contribution in [0.2, 0.25) is 0 Å². The normalized spacial score (nSPS) is 9.94. The second-order valence-corrected chi connectivity index (χ2v) is 4.46. The summed E-state index contributed by atoms with van der Waals surface area (Å²) in [5, 5.41) is 8.74. The van der Waals surface area contributed by atoms with E-state index < -0.39 is 11.6 Å². The number of halogens is 2. The predicted molar refractivity (Wildman–Crippen MR) is 61.6 cm³/mol. The minimum Gasteiger partial charge on any atom is -0.204 e. The number of hydrogen-bond donors (Lipinski definition) is 0. The minimum atomic E-state index is -0.869. The molecule has 0 saturated carbocycles. The van der Waals surface area contributed by atoms with Gasteiger partial charge >= 0.3 is 0 Å². The number of rotatable bonds is 2. The number of nitrogens with zero attached hydrogens (tertiary/aromatic N) is 1. The first-order chi connectivity index (χ1) is 8.19. The molecule has 0 atom stereocenters. The number of hydrogen-bond acceptors (Lipinski definition) is 2. The van der Waals surface area contributed by atoms with Crippen molar-refractivity contribution in [3.8, 4) is 6.07 Å². The van der Waals surface area contributed by atoms with Crippen LogP contribution in [0.4, 0.5) is 8.78 Å². The molecule has 4 heteroatoms. The zero-order valence-corrected chi connectivity index (χ0v) is 9.47. The van der Waals surface area contributed by atoms with Crippen molar-refractivity contribution in [2.45, 2.75) is 9.79 Å². The summed E-state index contributed by atoms with van der Waals surface area (Å²) in [6.45, 7) is 0. The van der Waals surface area contributed by atoms with Crippen molar-refractivity contribution in [3.05, 3.63) is 59.7 Å². The zero-order chi connectivity index (χ0) is 12.3. The summed E-state index contributed by atoms with van der Waals surface area (Å²) >= 11 is 1.28. The molecule has 0 radical (unpaired) electrons. The lowest BCUT2D eigenvalue weighted by atomic mass is 10.2. The summed E-state index contributed by atoms with van der Waals surface area (Å²) in [6.07, 6.45) is 0. The molecule has 2 aromatic rings. The predicted octanol–water partition coefficient (Wildman–Crippen LogP) is 3.99. The summed E-state index contributed by atoms with van der Waals surface area (Å²) in [5.74, 6) is -1.73. The van der Waals surface area contributed by atoms with E-state index in [2.05, 4.69) is 0 Å². The molecule has 2 aromatic carbocycles. The fraction of sp³-hybridized carbons (Fsp3) is 0. The summed E-state index contributed by atoms with van der Waals surface area (Å²) in [7, 11) is 0. The van der Waals surface area contributed by atoms with Gasteiger partial charge in [-0.2, -0.15) is 5.26 Å². The van der Waals surface area contributed by atoms with Crippen LogP contribution in [-0.4, -0.2) is 0 Å². The molecule has 0 saturated heterocycles. The van der Waals surface area contributed by atoms with E-state index in [9.17, 15) is 8.78 Å². The summed E-state index contributed by atoms with van der Waals surface area (Å²) < 4.78 is 25.7. The molecule has 2 rings (SSSR count). The third-order valence-corrected chi connectivity index (χ3v) is 3.07. The molecule has 0 unspecified atom stereocenters. The van der Waals surface area contributed by atoms with Crippen molar-refractivity contribution in [1.29, 1.82) is 5.26 Å². The average molecular weight is 247 g/mol. The fourth-order valence-corrected chi connectivity index (χ4v) is 2.21. The Labute approximate surface area is 102 Å². The molecule has 0 aromatic heterocycles. The fourth-order valence-electron chi connectivity index (χ4n) is 1.31. The first-order valence-corrected chi connectivity index (χ1v) is 5.64. The molecule has 0 amide bonds. The van der Waals surface area contributed by atoms with Gasteiger partial charge in [-0.15, -0.1) is 0 Å². The lowest BCUT2D eigenvalue weighted by molar-refractivity contribution is 0.506. The summed E-state index contributed by atoms with van der Waals surface area (Å²) in [4.78, 5) is 1.41. The molecule has 0 aliphatic rings. The maximum atomic E-state index is 13.0. The van der Waals surface area contributed by atoms with Gasteiger partial charge < -0.3 is 0 Å². The van der Waals surface area contributed by atoms with Crippen molar-refractivity contribution >= 4 is 11.8 Å². The van der Waals surface area contributed by atoms with Crippen LogP contribution < -0.4 is 0 Å². The van der Waals surface area contributed by atoms with Crippen molar-refractivity contribution in [2.75, 3.05) is 0 Å². The first-order valence-electron chi connectivity index (χ1n) is 4.82. The second-order valence-electron chi connectivity index (χ2n) is 3.32. The van der Waals surface area contributed by atoms with Crippen LogP contribution >= 0.6 is 11.8 Å². The Morgan fingerprint density at radius 1 is 0.941 bits per heavy atom. The third-order valence-electron chi connectivity index (χ3n) is 2.09. The van der Waals surface area contributed by atoms with E-state index in [1.165, 1.54) is 17.8 Å². The molecular formula is C13H7F2NS. The molecule has 0 fully saturated rings. The van der Waals surface area contributed by atoms with Crippen LogP contribution in [0.3, 0.4) is 0 Å². The Morgan fingerprint density at radius 3 is 2.41 bits per heavy atom. The highest BCUT2D eigenvalue weighted by atomic mass is 32.2. The Morgan fingerprint density at radius 2 is 1.71 bits per heavy atom. The Hall–Kier alpha value is -1.86. The highest BCUT2D eigenvalue weighted by Crippen LogP contribution is 2.28. The van der Waals surface area contributed by atoms with Crippen molar-refractivity contribution < 1.29 is 8.78 Å². The maximum Gasteiger partial charge on any atom is 0.159 e. The third kappa shape index (κ3) is 2.83. The molecule has 1 nitrogen and oxygen atoms in total. The van der Waals surface area contributed by atoms with Crippen molar-refractivity contribution in [1.82, 2.24) is 0 Å². The highest BCUT2D eigenvalue weighted by Gasteiger charge is 2.04. The summed E-state index contributed by atoms with van der Waals surface area (Å²) in [6, 6.07) is 12.7. The van der Waals surface area contributed by atoms with Gasteiger partial charge in [-0.1, -0.05) is 17.8 Å².